The van der Waals surface area contributed by atoms with Gasteiger partial charge in [0, 0.05) is 12.8 Å². The zero-order valence-corrected chi connectivity index (χ0v) is 18.4. The normalized spacial score (nSPS) is 12.0. The molecule has 168 valence electrons. The maximum absolute atomic E-state index is 12.1. The molecule has 7 heteroatoms. The summed E-state index contributed by atoms with van der Waals surface area (Å²) in [6, 6.07) is 0. The van der Waals surface area contributed by atoms with Gasteiger partial charge in [0.1, 0.15) is 13.1 Å². The first-order valence-electron chi connectivity index (χ1n) is 10.9. The van der Waals surface area contributed by atoms with E-state index < -0.39 is 0 Å². The molecule has 0 saturated carbocycles. The van der Waals surface area contributed by atoms with E-state index in [1.165, 1.54) is 0 Å². The Balaban J connectivity index is 4.48. The molecule has 0 atom stereocenters. The Morgan fingerprint density at radius 2 is 1.17 bits per heavy atom. The van der Waals surface area contributed by atoms with Crippen LogP contribution in [0.2, 0.25) is 0 Å². The molecule has 0 aliphatic heterocycles. The first-order chi connectivity index (χ1) is 14.0. The molecule has 0 aromatic heterocycles. The van der Waals surface area contributed by atoms with Crippen molar-refractivity contribution in [1.29, 1.82) is 0 Å². The van der Waals surface area contributed by atoms with Crippen molar-refractivity contribution in [1.82, 2.24) is 10.6 Å². The van der Waals surface area contributed by atoms with Crippen molar-refractivity contribution in [3.63, 3.8) is 0 Å². The van der Waals surface area contributed by atoms with Crippen molar-refractivity contribution in [2.45, 2.75) is 65.2 Å². The first-order valence-corrected chi connectivity index (χ1v) is 10.9. The fourth-order valence-electron chi connectivity index (χ4n) is 3.03. The number of rotatable bonds is 18. The molecule has 0 rings (SSSR count). The van der Waals surface area contributed by atoms with Gasteiger partial charge in [0.15, 0.2) is 13.3 Å². The fraction of sp³-hybridized carbons (Fsp3) is 0.727. The standard InChI is InChI=1S/C22H41N3O4/c1-3-5-7-9-11-13-21(28)23-19-25(15-17-26,16-18-27)20-24-22(29)14-12-10-8-6-4-2/h3-6,26-27H,7-20H2,1-2H3,(H-,23,24,28,29)/p+1/b5-3+,6-4+. The Hall–Kier alpha value is -1.70. The lowest BCUT2D eigenvalue weighted by Gasteiger charge is -2.37. The van der Waals surface area contributed by atoms with Gasteiger partial charge in [-0.25, -0.2) is 0 Å². The quantitative estimate of drug-likeness (QED) is 0.120. The molecule has 2 amide bonds. The molecule has 0 aliphatic rings. The number of carbonyl (C=O) groups is 2. The van der Waals surface area contributed by atoms with Gasteiger partial charge in [-0.3, -0.25) is 14.1 Å². The van der Waals surface area contributed by atoms with Crippen LogP contribution in [-0.4, -0.2) is 66.2 Å². The van der Waals surface area contributed by atoms with Crippen molar-refractivity contribution < 1.29 is 24.3 Å². The number of quaternary nitrogens is 1. The van der Waals surface area contributed by atoms with E-state index in [0.29, 0.717) is 25.9 Å². The van der Waals surface area contributed by atoms with E-state index in [2.05, 4.69) is 22.8 Å². The van der Waals surface area contributed by atoms with E-state index in [4.69, 9.17) is 0 Å². The maximum Gasteiger partial charge on any atom is 0.224 e. The molecule has 0 aromatic rings. The number of allylic oxidation sites excluding steroid dienone is 4. The van der Waals surface area contributed by atoms with Crippen molar-refractivity contribution in [3.05, 3.63) is 24.3 Å². The molecular formula is C22H42N3O4+. The molecule has 0 unspecified atom stereocenters. The van der Waals surface area contributed by atoms with Gasteiger partial charge < -0.3 is 20.8 Å². The van der Waals surface area contributed by atoms with E-state index >= 15 is 0 Å². The van der Waals surface area contributed by atoms with E-state index in [9.17, 15) is 19.8 Å². The third-order valence-corrected chi connectivity index (χ3v) is 4.89. The predicted molar refractivity (Wildman–Crippen MR) is 117 cm³/mol. The number of aliphatic hydroxyl groups excluding tert-OH is 2. The van der Waals surface area contributed by atoms with Crippen LogP contribution in [0, 0.1) is 0 Å². The van der Waals surface area contributed by atoms with Crippen LogP contribution in [0.25, 0.3) is 0 Å². The van der Waals surface area contributed by atoms with Crippen molar-refractivity contribution >= 4 is 11.8 Å². The number of nitrogens with zero attached hydrogens (tertiary/aromatic N) is 1. The lowest BCUT2D eigenvalue weighted by atomic mass is 10.2. The van der Waals surface area contributed by atoms with Gasteiger partial charge in [-0.05, 0) is 52.4 Å². The lowest BCUT2D eigenvalue weighted by molar-refractivity contribution is -0.932. The number of hydrogen-bond acceptors (Lipinski definition) is 4. The molecule has 0 bridgehead atoms. The van der Waals surface area contributed by atoms with Gasteiger partial charge in [-0.15, -0.1) is 0 Å². The minimum atomic E-state index is -0.0849. The van der Waals surface area contributed by atoms with Gasteiger partial charge in [0.2, 0.25) is 11.8 Å². The first kappa shape index (κ1) is 27.3. The summed E-state index contributed by atoms with van der Waals surface area (Å²) >= 11 is 0. The van der Waals surface area contributed by atoms with E-state index in [-0.39, 0.29) is 42.8 Å². The molecule has 0 saturated heterocycles. The fourth-order valence-corrected chi connectivity index (χ4v) is 3.03. The number of unbranched alkanes of at least 4 members (excludes halogenated alkanes) is 4. The zero-order valence-electron chi connectivity index (χ0n) is 18.4. The predicted octanol–water partition coefficient (Wildman–Crippen LogP) is 2.21. The van der Waals surface area contributed by atoms with Crippen molar-refractivity contribution in [2.75, 3.05) is 39.6 Å². The molecule has 0 aliphatic carbocycles. The number of amides is 2. The average molecular weight is 413 g/mol. The van der Waals surface area contributed by atoms with Crippen molar-refractivity contribution in [3.8, 4) is 0 Å². The number of aliphatic hydroxyl groups is 2. The van der Waals surface area contributed by atoms with Crippen LogP contribution in [0.4, 0.5) is 0 Å². The summed E-state index contributed by atoms with van der Waals surface area (Å²) in [5, 5.41) is 24.8. The van der Waals surface area contributed by atoms with Crippen LogP contribution < -0.4 is 10.6 Å². The molecule has 29 heavy (non-hydrogen) atoms. The second kappa shape index (κ2) is 18.3. The minimum Gasteiger partial charge on any atom is -0.391 e. The molecule has 0 radical (unpaired) electrons. The van der Waals surface area contributed by atoms with E-state index in [0.717, 1.165) is 38.5 Å². The summed E-state index contributed by atoms with van der Waals surface area (Å²) in [7, 11) is 0. The van der Waals surface area contributed by atoms with Gasteiger partial charge in [0.05, 0.1) is 13.2 Å². The highest BCUT2D eigenvalue weighted by atomic mass is 16.3. The molecular weight excluding hydrogens is 370 g/mol. The highest BCUT2D eigenvalue weighted by molar-refractivity contribution is 5.76. The SMILES string of the molecule is C/C=C/CCCCC(=O)NC[N+](CCO)(CCO)CNC(=O)CCCC/C=C/C. The molecule has 7 nitrogen and oxygen atoms in total. The monoisotopic (exact) mass is 412 g/mol. The van der Waals surface area contributed by atoms with Crippen LogP contribution >= 0.6 is 0 Å². The summed E-state index contributed by atoms with van der Waals surface area (Å²) < 4.78 is 0.224. The maximum atomic E-state index is 12.1. The Bertz CT molecular complexity index is 448. The second-order valence-corrected chi connectivity index (χ2v) is 7.38. The third-order valence-electron chi connectivity index (χ3n) is 4.89. The van der Waals surface area contributed by atoms with E-state index in [1.54, 1.807) is 0 Å². The number of hydrogen-bond donors (Lipinski definition) is 4. The van der Waals surface area contributed by atoms with Gasteiger partial charge in [-0.2, -0.15) is 0 Å². The average Bonchev–Trinajstić information content (AvgIpc) is 2.71. The van der Waals surface area contributed by atoms with Gasteiger partial charge in [-0.1, -0.05) is 24.3 Å². The lowest BCUT2D eigenvalue weighted by Crippen LogP contribution is -2.61. The molecule has 0 fully saturated rings. The summed E-state index contributed by atoms with van der Waals surface area (Å²) in [4.78, 5) is 24.3. The van der Waals surface area contributed by atoms with Crippen LogP contribution in [-0.2, 0) is 9.59 Å². The Morgan fingerprint density at radius 1 is 0.759 bits per heavy atom. The highest BCUT2D eigenvalue weighted by Gasteiger charge is 2.27. The zero-order chi connectivity index (χ0) is 21.8. The minimum absolute atomic E-state index is 0.0424. The van der Waals surface area contributed by atoms with E-state index in [1.807, 2.05) is 26.0 Å². The second-order valence-electron chi connectivity index (χ2n) is 7.38. The Labute approximate surface area is 176 Å². The van der Waals surface area contributed by atoms with Crippen LogP contribution in [0.1, 0.15) is 65.2 Å². The highest BCUT2D eigenvalue weighted by Crippen LogP contribution is 2.06. The van der Waals surface area contributed by atoms with Crippen LogP contribution in [0.3, 0.4) is 0 Å². The largest absolute Gasteiger partial charge is 0.391 e. The molecule has 4 N–H and O–H groups in total. The van der Waals surface area contributed by atoms with Gasteiger partial charge in [0.25, 0.3) is 0 Å². The summed E-state index contributed by atoms with van der Waals surface area (Å²) in [6.45, 7) is 5.04. The Kier molecular flexibility index (Phi) is 17.3. The van der Waals surface area contributed by atoms with Gasteiger partial charge >= 0.3 is 0 Å². The van der Waals surface area contributed by atoms with Crippen molar-refractivity contribution in [2.24, 2.45) is 0 Å². The molecule has 0 heterocycles. The topological polar surface area (TPSA) is 98.7 Å². The Morgan fingerprint density at radius 3 is 1.52 bits per heavy atom. The molecule has 0 spiro atoms. The molecule has 0 aromatic carbocycles. The summed E-state index contributed by atoms with van der Waals surface area (Å²) in [5.41, 5.74) is 0. The van der Waals surface area contributed by atoms with Crippen LogP contribution in [0.5, 0.6) is 0 Å². The summed E-state index contributed by atoms with van der Waals surface area (Å²) in [5.74, 6) is -0.0849. The van der Waals surface area contributed by atoms with Crippen LogP contribution in [0.15, 0.2) is 24.3 Å². The number of carbonyl (C=O) groups excluding carboxylic acids is 2. The third kappa shape index (κ3) is 14.9. The number of nitrogens with one attached hydrogen (secondary N) is 2. The summed E-state index contributed by atoms with van der Waals surface area (Å²) in [6.07, 6.45) is 14.6. The smallest absolute Gasteiger partial charge is 0.224 e.